The summed E-state index contributed by atoms with van der Waals surface area (Å²) in [5.41, 5.74) is 1.82. The minimum atomic E-state index is -4.27. The molecule has 4 rings (SSSR count). The number of hydrogen-bond donors (Lipinski definition) is 0. The van der Waals surface area contributed by atoms with E-state index in [-0.39, 0.29) is 13.1 Å². The van der Waals surface area contributed by atoms with Crippen LogP contribution in [0, 0.1) is 25.5 Å². The number of aromatic nitrogens is 4. The second-order valence-electron chi connectivity index (χ2n) is 7.03. The van der Waals surface area contributed by atoms with Crippen LogP contribution in [-0.2, 0) is 10.0 Å². The molecule has 1 aliphatic rings. The Balaban J connectivity index is 1.48. The molecule has 0 aliphatic carbocycles. The van der Waals surface area contributed by atoms with Crippen LogP contribution in [0.3, 0.4) is 0 Å². The van der Waals surface area contributed by atoms with Crippen LogP contribution in [0.15, 0.2) is 41.3 Å². The zero-order valence-corrected chi connectivity index (χ0v) is 17.3. The van der Waals surface area contributed by atoms with Crippen molar-refractivity contribution in [3.8, 4) is 5.82 Å². The SMILES string of the molecule is Cc1cc(C)n(-c2ccc(N3CCN(S(=O)(=O)c4c(F)cccc4F)CC3)nn2)n1. The average Bonchev–Trinajstić information content (AvgIpc) is 3.06. The van der Waals surface area contributed by atoms with Crippen molar-refractivity contribution in [1.82, 2.24) is 24.3 Å². The molecular formula is C19H20F2N6O2S. The number of benzene rings is 1. The van der Waals surface area contributed by atoms with Gasteiger partial charge in [-0.15, -0.1) is 10.2 Å². The number of rotatable bonds is 4. The second kappa shape index (κ2) is 7.73. The molecule has 1 aliphatic heterocycles. The summed E-state index contributed by atoms with van der Waals surface area (Å²) in [6, 6.07) is 8.53. The number of nitrogens with zero attached hydrogens (tertiary/aromatic N) is 6. The van der Waals surface area contributed by atoms with Gasteiger partial charge in [0.05, 0.1) is 5.69 Å². The largest absolute Gasteiger partial charge is 0.352 e. The van der Waals surface area contributed by atoms with E-state index in [1.807, 2.05) is 24.8 Å². The van der Waals surface area contributed by atoms with Crippen molar-refractivity contribution in [2.75, 3.05) is 31.1 Å². The Morgan fingerprint density at radius 2 is 1.50 bits per heavy atom. The lowest BCUT2D eigenvalue weighted by Crippen LogP contribution is -2.49. The Hall–Kier alpha value is -2.92. The van der Waals surface area contributed by atoms with Crippen molar-refractivity contribution in [1.29, 1.82) is 0 Å². The standard InChI is InChI=1S/C19H20F2N6O2S/c1-13-12-14(2)27(24-13)18-7-6-17(22-23-18)25-8-10-26(11-9-25)30(28,29)19-15(20)4-3-5-16(19)21/h3-7,12H,8-11H2,1-2H3. The molecular weight excluding hydrogens is 414 g/mol. The smallest absolute Gasteiger partial charge is 0.249 e. The summed E-state index contributed by atoms with van der Waals surface area (Å²) in [4.78, 5) is 0.967. The molecule has 3 heterocycles. The van der Waals surface area contributed by atoms with Gasteiger partial charge in [-0.05, 0) is 44.2 Å². The molecule has 1 fully saturated rings. The van der Waals surface area contributed by atoms with E-state index in [1.54, 1.807) is 16.8 Å². The van der Waals surface area contributed by atoms with Crippen molar-refractivity contribution >= 4 is 15.8 Å². The first-order valence-corrected chi connectivity index (χ1v) is 10.8. The number of sulfonamides is 1. The van der Waals surface area contributed by atoms with Crippen molar-refractivity contribution in [2.24, 2.45) is 0 Å². The van der Waals surface area contributed by atoms with Gasteiger partial charge in [0, 0.05) is 31.9 Å². The van der Waals surface area contributed by atoms with E-state index in [0.29, 0.717) is 24.7 Å². The number of anilines is 1. The van der Waals surface area contributed by atoms with Crippen LogP contribution in [0.2, 0.25) is 0 Å². The fraction of sp³-hybridized carbons (Fsp3) is 0.316. The molecule has 0 spiro atoms. The molecule has 1 aromatic carbocycles. The zero-order valence-electron chi connectivity index (χ0n) is 16.5. The average molecular weight is 434 g/mol. The normalized spacial score (nSPS) is 15.5. The first-order chi connectivity index (χ1) is 14.3. The fourth-order valence-corrected chi connectivity index (χ4v) is 5.01. The maximum Gasteiger partial charge on any atom is 0.249 e. The van der Waals surface area contributed by atoms with Gasteiger partial charge < -0.3 is 4.90 Å². The van der Waals surface area contributed by atoms with Gasteiger partial charge in [0.1, 0.15) is 11.6 Å². The van der Waals surface area contributed by atoms with Crippen LogP contribution < -0.4 is 4.90 Å². The minimum Gasteiger partial charge on any atom is -0.352 e. The third-order valence-corrected chi connectivity index (χ3v) is 6.89. The third-order valence-electron chi connectivity index (χ3n) is 4.94. The summed E-state index contributed by atoms with van der Waals surface area (Å²) in [7, 11) is -4.27. The maximum absolute atomic E-state index is 14.0. The van der Waals surface area contributed by atoms with Crippen LogP contribution in [0.1, 0.15) is 11.4 Å². The predicted molar refractivity (Wildman–Crippen MR) is 106 cm³/mol. The molecule has 0 unspecified atom stereocenters. The maximum atomic E-state index is 14.0. The van der Waals surface area contributed by atoms with Crippen molar-refractivity contribution in [2.45, 2.75) is 18.7 Å². The highest BCUT2D eigenvalue weighted by Crippen LogP contribution is 2.24. The minimum absolute atomic E-state index is 0.0804. The van der Waals surface area contributed by atoms with E-state index in [2.05, 4.69) is 15.3 Å². The first-order valence-electron chi connectivity index (χ1n) is 9.34. The monoisotopic (exact) mass is 434 g/mol. The highest BCUT2D eigenvalue weighted by Gasteiger charge is 2.33. The molecule has 11 heteroatoms. The summed E-state index contributed by atoms with van der Waals surface area (Å²) < 4.78 is 56.1. The summed E-state index contributed by atoms with van der Waals surface area (Å²) in [6.45, 7) is 4.63. The Morgan fingerprint density at radius 3 is 2.03 bits per heavy atom. The molecule has 2 aromatic heterocycles. The number of halogens is 2. The summed E-state index contributed by atoms with van der Waals surface area (Å²) in [5.74, 6) is -1.01. The molecule has 30 heavy (non-hydrogen) atoms. The lowest BCUT2D eigenvalue weighted by molar-refractivity contribution is 0.377. The Labute approximate surface area is 172 Å². The van der Waals surface area contributed by atoms with Crippen molar-refractivity contribution < 1.29 is 17.2 Å². The van der Waals surface area contributed by atoms with Gasteiger partial charge in [0.2, 0.25) is 10.0 Å². The lowest BCUT2D eigenvalue weighted by Gasteiger charge is -2.34. The molecule has 8 nitrogen and oxygen atoms in total. The molecule has 0 atom stereocenters. The Kier molecular flexibility index (Phi) is 5.24. The van der Waals surface area contributed by atoms with Gasteiger partial charge in [-0.25, -0.2) is 21.9 Å². The highest BCUT2D eigenvalue weighted by molar-refractivity contribution is 7.89. The van der Waals surface area contributed by atoms with E-state index in [0.717, 1.165) is 33.9 Å². The molecule has 0 N–H and O–H groups in total. The van der Waals surface area contributed by atoms with Gasteiger partial charge in [-0.3, -0.25) is 0 Å². The van der Waals surface area contributed by atoms with Gasteiger partial charge >= 0.3 is 0 Å². The molecule has 1 saturated heterocycles. The van der Waals surface area contributed by atoms with Gasteiger partial charge in [-0.2, -0.15) is 9.40 Å². The highest BCUT2D eigenvalue weighted by atomic mass is 32.2. The predicted octanol–water partition coefficient (Wildman–Crippen LogP) is 2.07. The Morgan fingerprint density at radius 1 is 0.900 bits per heavy atom. The van der Waals surface area contributed by atoms with E-state index in [4.69, 9.17) is 0 Å². The van der Waals surface area contributed by atoms with Crippen LogP contribution in [0.25, 0.3) is 5.82 Å². The van der Waals surface area contributed by atoms with Crippen LogP contribution in [0.5, 0.6) is 0 Å². The van der Waals surface area contributed by atoms with E-state index < -0.39 is 26.6 Å². The summed E-state index contributed by atoms with van der Waals surface area (Å²) >= 11 is 0. The molecule has 0 bridgehead atoms. The summed E-state index contributed by atoms with van der Waals surface area (Å²) in [5, 5.41) is 12.8. The lowest BCUT2D eigenvalue weighted by atomic mass is 10.3. The zero-order chi connectivity index (χ0) is 21.5. The van der Waals surface area contributed by atoms with Gasteiger partial charge in [0.25, 0.3) is 0 Å². The number of hydrogen-bond acceptors (Lipinski definition) is 6. The molecule has 0 amide bonds. The van der Waals surface area contributed by atoms with E-state index in [9.17, 15) is 17.2 Å². The van der Waals surface area contributed by atoms with Crippen molar-refractivity contribution in [3.05, 3.63) is 59.4 Å². The van der Waals surface area contributed by atoms with Crippen LogP contribution in [-0.4, -0.2) is 58.9 Å². The first kappa shape index (κ1) is 20.4. The quantitative estimate of drug-likeness (QED) is 0.625. The summed E-state index contributed by atoms with van der Waals surface area (Å²) in [6.07, 6.45) is 0. The topological polar surface area (TPSA) is 84.2 Å². The molecule has 3 aromatic rings. The molecule has 0 radical (unpaired) electrons. The second-order valence-corrected chi connectivity index (χ2v) is 8.91. The number of piperazine rings is 1. The molecule has 158 valence electrons. The Bertz CT molecular complexity index is 1150. The fourth-order valence-electron chi connectivity index (χ4n) is 3.48. The van der Waals surface area contributed by atoms with Crippen LogP contribution >= 0.6 is 0 Å². The van der Waals surface area contributed by atoms with E-state index in [1.165, 1.54) is 0 Å². The van der Waals surface area contributed by atoms with Crippen LogP contribution in [0.4, 0.5) is 14.6 Å². The van der Waals surface area contributed by atoms with Gasteiger partial charge in [0.15, 0.2) is 16.5 Å². The third kappa shape index (κ3) is 3.65. The van der Waals surface area contributed by atoms with Gasteiger partial charge in [-0.1, -0.05) is 6.07 Å². The van der Waals surface area contributed by atoms with Crippen molar-refractivity contribution in [3.63, 3.8) is 0 Å². The molecule has 0 saturated carbocycles. The van der Waals surface area contributed by atoms with E-state index >= 15 is 0 Å². The number of aryl methyl sites for hydroxylation is 2.